The van der Waals surface area contributed by atoms with Crippen molar-refractivity contribution in [2.75, 3.05) is 0 Å². The lowest BCUT2D eigenvalue weighted by Crippen LogP contribution is -1.96. The lowest BCUT2D eigenvalue weighted by Gasteiger charge is -2.00. The molecular formula is C10H9ClO2. The molecule has 0 heterocycles. The minimum atomic E-state index is -0.0601. The fourth-order valence-corrected chi connectivity index (χ4v) is 1.22. The van der Waals surface area contributed by atoms with E-state index in [0.717, 1.165) is 5.56 Å². The fraction of sp³-hybridized carbons (Fsp3) is 0.200. The van der Waals surface area contributed by atoms with Crippen molar-refractivity contribution in [1.82, 2.24) is 0 Å². The predicted molar refractivity (Wildman–Crippen MR) is 51.4 cm³/mol. The van der Waals surface area contributed by atoms with Gasteiger partial charge in [-0.3, -0.25) is 9.59 Å². The van der Waals surface area contributed by atoms with Crippen LogP contribution in [0.25, 0.3) is 0 Å². The van der Waals surface area contributed by atoms with Crippen LogP contribution in [0.15, 0.2) is 18.2 Å². The number of alkyl halides is 1. The highest BCUT2D eigenvalue weighted by molar-refractivity contribution is 6.17. The van der Waals surface area contributed by atoms with E-state index in [4.69, 9.17) is 11.6 Å². The van der Waals surface area contributed by atoms with Crippen LogP contribution in [-0.4, -0.2) is 12.1 Å². The van der Waals surface area contributed by atoms with Crippen LogP contribution >= 0.6 is 11.6 Å². The molecule has 1 aromatic rings. The number of halogens is 1. The predicted octanol–water partition coefficient (Wildman–Crippen LogP) is 2.44. The van der Waals surface area contributed by atoms with Crippen molar-refractivity contribution in [3.05, 3.63) is 34.9 Å². The molecule has 0 saturated carbocycles. The molecule has 68 valence electrons. The topological polar surface area (TPSA) is 34.1 Å². The van der Waals surface area contributed by atoms with Gasteiger partial charge >= 0.3 is 0 Å². The van der Waals surface area contributed by atoms with Gasteiger partial charge in [-0.25, -0.2) is 0 Å². The smallest absolute Gasteiger partial charge is 0.159 e. The normalized spacial score (nSPS) is 9.69. The summed E-state index contributed by atoms with van der Waals surface area (Å²) in [6.45, 7) is 1.46. The number of aldehydes is 1. The van der Waals surface area contributed by atoms with Gasteiger partial charge in [0.15, 0.2) is 5.78 Å². The first-order chi connectivity index (χ1) is 6.17. The first kappa shape index (κ1) is 9.93. The average molecular weight is 197 g/mol. The summed E-state index contributed by atoms with van der Waals surface area (Å²) in [5.74, 6) is 0.247. The molecule has 0 fully saturated rings. The first-order valence-electron chi connectivity index (χ1n) is 3.83. The van der Waals surface area contributed by atoms with E-state index in [1.807, 2.05) is 0 Å². The molecule has 0 saturated heterocycles. The van der Waals surface area contributed by atoms with Crippen molar-refractivity contribution >= 4 is 23.7 Å². The van der Waals surface area contributed by atoms with Crippen LogP contribution < -0.4 is 0 Å². The molecule has 1 aromatic carbocycles. The van der Waals surface area contributed by atoms with Crippen molar-refractivity contribution < 1.29 is 9.59 Å². The summed E-state index contributed by atoms with van der Waals surface area (Å²) in [5.41, 5.74) is 1.81. The molecular weight excluding hydrogens is 188 g/mol. The molecule has 2 nitrogen and oxygen atoms in total. The number of benzene rings is 1. The summed E-state index contributed by atoms with van der Waals surface area (Å²) in [4.78, 5) is 21.5. The Morgan fingerprint density at radius 1 is 1.46 bits per heavy atom. The van der Waals surface area contributed by atoms with E-state index in [-0.39, 0.29) is 5.78 Å². The van der Waals surface area contributed by atoms with E-state index in [9.17, 15) is 9.59 Å². The SMILES string of the molecule is CC(=O)c1cc(C=O)cc(CCl)c1. The zero-order chi connectivity index (χ0) is 9.84. The Bertz CT molecular complexity index is 345. The Balaban J connectivity index is 3.22. The Morgan fingerprint density at radius 3 is 2.62 bits per heavy atom. The molecule has 0 aliphatic carbocycles. The molecule has 0 aromatic heterocycles. The largest absolute Gasteiger partial charge is 0.298 e. The highest BCUT2D eigenvalue weighted by Gasteiger charge is 2.03. The number of Topliss-reactive ketones (excluding diaryl/α,β-unsaturated/α-hetero) is 1. The third-order valence-corrected chi connectivity index (χ3v) is 2.02. The van der Waals surface area contributed by atoms with Gasteiger partial charge in [-0.1, -0.05) is 0 Å². The van der Waals surface area contributed by atoms with E-state index >= 15 is 0 Å². The zero-order valence-corrected chi connectivity index (χ0v) is 7.97. The van der Waals surface area contributed by atoms with Gasteiger partial charge in [-0.15, -0.1) is 11.6 Å². The van der Waals surface area contributed by atoms with Gasteiger partial charge in [0.2, 0.25) is 0 Å². The number of rotatable bonds is 3. The molecule has 0 N–H and O–H groups in total. The maximum absolute atomic E-state index is 11.0. The molecule has 0 bridgehead atoms. The molecule has 0 radical (unpaired) electrons. The summed E-state index contributed by atoms with van der Waals surface area (Å²) in [6.07, 6.45) is 0.711. The van der Waals surface area contributed by atoms with Crippen LogP contribution in [0.2, 0.25) is 0 Å². The van der Waals surface area contributed by atoms with E-state index in [2.05, 4.69) is 0 Å². The third-order valence-electron chi connectivity index (χ3n) is 1.71. The van der Waals surface area contributed by atoms with Crippen molar-refractivity contribution in [2.24, 2.45) is 0 Å². The van der Waals surface area contributed by atoms with Crippen LogP contribution in [-0.2, 0) is 5.88 Å². The van der Waals surface area contributed by atoms with Gasteiger partial charge in [-0.05, 0) is 30.7 Å². The van der Waals surface area contributed by atoms with E-state index in [0.29, 0.717) is 23.3 Å². The minimum Gasteiger partial charge on any atom is -0.298 e. The zero-order valence-electron chi connectivity index (χ0n) is 7.21. The van der Waals surface area contributed by atoms with Crippen molar-refractivity contribution in [2.45, 2.75) is 12.8 Å². The van der Waals surface area contributed by atoms with Crippen molar-refractivity contribution in [3.63, 3.8) is 0 Å². The van der Waals surface area contributed by atoms with Crippen LogP contribution in [0.4, 0.5) is 0 Å². The standard InChI is InChI=1S/C10H9ClO2/c1-7(13)10-3-8(5-11)2-9(4-10)6-12/h2-4,6H,5H2,1H3. The molecule has 0 spiro atoms. The second-order valence-corrected chi connectivity index (χ2v) is 3.04. The van der Waals surface area contributed by atoms with E-state index in [1.165, 1.54) is 6.92 Å². The monoisotopic (exact) mass is 196 g/mol. The summed E-state index contributed by atoms with van der Waals surface area (Å²) in [5, 5.41) is 0. The first-order valence-corrected chi connectivity index (χ1v) is 4.37. The molecule has 0 atom stereocenters. The van der Waals surface area contributed by atoms with Gasteiger partial charge in [0.1, 0.15) is 6.29 Å². The number of hydrogen-bond donors (Lipinski definition) is 0. The molecule has 3 heteroatoms. The minimum absolute atomic E-state index is 0.0601. The number of carbonyl (C=O) groups excluding carboxylic acids is 2. The number of hydrogen-bond acceptors (Lipinski definition) is 2. The summed E-state index contributed by atoms with van der Waals surface area (Å²) < 4.78 is 0. The maximum atomic E-state index is 11.0. The van der Waals surface area contributed by atoms with Gasteiger partial charge in [-0.2, -0.15) is 0 Å². The van der Waals surface area contributed by atoms with Gasteiger partial charge in [0, 0.05) is 17.0 Å². The quantitative estimate of drug-likeness (QED) is 0.423. The average Bonchev–Trinajstić information content (AvgIpc) is 2.16. The van der Waals surface area contributed by atoms with Crippen LogP contribution in [0.1, 0.15) is 33.2 Å². The van der Waals surface area contributed by atoms with Crippen LogP contribution in [0, 0.1) is 0 Å². The molecule has 0 amide bonds. The molecule has 0 aliphatic rings. The van der Waals surface area contributed by atoms with Gasteiger partial charge in [0.05, 0.1) is 0 Å². The van der Waals surface area contributed by atoms with Crippen LogP contribution in [0.5, 0.6) is 0 Å². The van der Waals surface area contributed by atoms with Gasteiger partial charge < -0.3 is 0 Å². The number of ketones is 1. The summed E-state index contributed by atoms with van der Waals surface area (Å²) in [6, 6.07) is 4.93. The summed E-state index contributed by atoms with van der Waals surface area (Å²) >= 11 is 5.61. The summed E-state index contributed by atoms with van der Waals surface area (Å²) in [7, 11) is 0. The van der Waals surface area contributed by atoms with E-state index < -0.39 is 0 Å². The van der Waals surface area contributed by atoms with Crippen LogP contribution in [0.3, 0.4) is 0 Å². The van der Waals surface area contributed by atoms with Gasteiger partial charge in [0.25, 0.3) is 0 Å². The molecule has 0 aliphatic heterocycles. The van der Waals surface area contributed by atoms with E-state index in [1.54, 1.807) is 18.2 Å². The fourth-order valence-electron chi connectivity index (χ4n) is 1.07. The Morgan fingerprint density at radius 2 is 2.15 bits per heavy atom. The Labute approximate surface area is 81.5 Å². The van der Waals surface area contributed by atoms with Crippen molar-refractivity contribution in [3.8, 4) is 0 Å². The lowest BCUT2D eigenvalue weighted by atomic mass is 10.0. The second-order valence-electron chi connectivity index (χ2n) is 2.77. The maximum Gasteiger partial charge on any atom is 0.159 e. The number of carbonyl (C=O) groups is 2. The molecule has 13 heavy (non-hydrogen) atoms. The highest BCUT2D eigenvalue weighted by Crippen LogP contribution is 2.11. The second kappa shape index (κ2) is 4.19. The molecule has 1 rings (SSSR count). The lowest BCUT2D eigenvalue weighted by molar-refractivity contribution is 0.101. The van der Waals surface area contributed by atoms with Crippen molar-refractivity contribution in [1.29, 1.82) is 0 Å². The highest BCUT2D eigenvalue weighted by atomic mass is 35.5. The Kier molecular flexibility index (Phi) is 3.20. The third kappa shape index (κ3) is 2.39. The molecule has 0 unspecified atom stereocenters. The Hall–Kier alpha value is -1.15.